The number of pyridine rings is 2. The Morgan fingerprint density at radius 1 is 1.39 bits per heavy atom. The summed E-state index contributed by atoms with van der Waals surface area (Å²) in [5.74, 6) is 0.823. The number of aryl methyl sites for hydroxylation is 1. The normalized spacial score (nSPS) is 10.4. The second-order valence-corrected chi connectivity index (χ2v) is 5.37. The molecule has 0 saturated carbocycles. The number of nitrogens with two attached hydrogens (primary N) is 1. The third-order valence-electron chi connectivity index (χ3n) is 2.85. The van der Waals surface area contributed by atoms with E-state index in [0.29, 0.717) is 23.9 Å². The van der Waals surface area contributed by atoms with Gasteiger partial charge in [-0.05, 0) is 50.6 Å². The predicted octanol–water partition coefficient (Wildman–Crippen LogP) is 2.48. The number of nitrogens with zero attached hydrogens (tertiary/aromatic N) is 2. The predicted molar refractivity (Wildman–Crippen MR) is 89.2 cm³/mol. The van der Waals surface area contributed by atoms with Gasteiger partial charge in [0.05, 0.1) is 6.10 Å². The zero-order valence-electron chi connectivity index (χ0n) is 13.5. The molecular formula is C16H21N5O2. The maximum Gasteiger partial charge on any atom is 0.319 e. The van der Waals surface area contributed by atoms with E-state index in [0.717, 1.165) is 11.3 Å². The van der Waals surface area contributed by atoms with Crippen LogP contribution in [0.25, 0.3) is 0 Å². The fraction of sp³-hybridized carbons (Fsp3) is 0.312. The first-order valence-electron chi connectivity index (χ1n) is 7.33. The van der Waals surface area contributed by atoms with E-state index in [-0.39, 0.29) is 12.1 Å². The minimum absolute atomic E-state index is 0.0312. The monoisotopic (exact) mass is 315 g/mol. The van der Waals surface area contributed by atoms with Gasteiger partial charge in [-0.15, -0.1) is 0 Å². The summed E-state index contributed by atoms with van der Waals surface area (Å²) >= 11 is 0. The fourth-order valence-electron chi connectivity index (χ4n) is 2.02. The van der Waals surface area contributed by atoms with Gasteiger partial charge in [0, 0.05) is 18.4 Å². The summed E-state index contributed by atoms with van der Waals surface area (Å²) in [6.45, 7) is 5.99. The van der Waals surface area contributed by atoms with Crippen LogP contribution in [-0.2, 0) is 6.54 Å². The summed E-state index contributed by atoms with van der Waals surface area (Å²) in [7, 11) is 0. The molecule has 2 amide bonds. The van der Waals surface area contributed by atoms with Crippen LogP contribution in [0, 0.1) is 6.92 Å². The Balaban J connectivity index is 1.97. The lowest BCUT2D eigenvalue weighted by Crippen LogP contribution is -2.28. The van der Waals surface area contributed by atoms with Crippen molar-refractivity contribution in [3.63, 3.8) is 0 Å². The number of carbonyl (C=O) groups is 1. The highest BCUT2D eigenvalue weighted by Crippen LogP contribution is 2.21. The first-order valence-corrected chi connectivity index (χ1v) is 7.33. The van der Waals surface area contributed by atoms with Gasteiger partial charge in [0.1, 0.15) is 11.5 Å². The molecule has 0 radical (unpaired) electrons. The lowest BCUT2D eigenvalue weighted by atomic mass is 10.2. The third-order valence-corrected chi connectivity index (χ3v) is 2.85. The van der Waals surface area contributed by atoms with Crippen LogP contribution in [0.4, 0.5) is 16.3 Å². The van der Waals surface area contributed by atoms with Crippen LogP contribution in [-0.4, -0.2) is 22.1 Å². The van der Waals surface area contributed by atoms with Gasteiger partial charge >= 0.3 is 6.03 Å². The van der Waals surface area contributed by atoms with Gasteiger partial charge in [0.25, 0.3) is 0 Å². The largest absolute Gasteiger partial charge is 0.473 e. The Morgan fingerprint density at radius 3 is 2.87 bits per heavy atom. The lowest BCUT2D eigenvalue weighted by Gasteiger charge is -2.14. The highest BCUT2D eigenvalue weighted by molar-refractivity contribution is 5.90. The number of hydrogen-bond acceptors (Lipinski definition) is 5. The topological polar surface area (TPSA) is 102 Å². The maximum absolute atomic E-state index is 12.0. The van der Waals surface area contributed by atoms with Crippen LogP contribution in [0.2, 0.25) is 0 Å². The molecule has 0 aliphatic heterocycles. The molecule has 0 aromatic carbocycles. The van der Waals surface area contributed by atoms with Crippen molar-refractivity contribution < 1.29 is 9.53 Å². The van der Waals surface area contributed by atoms with Crippen LogP contribution in [0.15, 0.2) is 30.5 Å². The van der Waals surface area contributed by atoms with Gasteiger partial charge < -0.3 is 21.1 Å². The van der Waals surface area contributed by atoms with Crippen LogP contribution < -0.4 is 21.1 Å². The lowest BCUT2D eigenvalue weighted by molar-refractivity contribution is 0.233. The number of urea groups is 1. The van der Waals surface area contributed by atoms with E-state index < -0.39 is 0 Å². The van der Waals surface area contributed by atoms with Crippen molar-refractivity contribution in [1.29, 1.82) is 0 Å². The first-order chi connectivity index (χ1) is 10.9. The summed E-state index contributed by atoms with van der Waals surface area (Å²) in [4.78, 5) is 20.3. The van der Waals surface area contributed by atoms with Crippen molar-refractivity contribution in [3.8, 4) is 5.88 Å². The molecule has 2 rings (SSSR count). The summed E-state index contributed by atoms with van der Waals surface area (Å²) in [5.41, 5.74) is 7.90. The zero-order valence-corrected chi connectivity index (χ0v) is 13.5. The van der Waals surface area contributed by atoms with E-state index in [4.69, 9.17) is 10.5 Å². The van der Waals surface area contributed by atoms with E-state index in [2.05, 4.69) is 20.6 Å². The van der Waals surface area contributed by atoms with Crippen LogP contribution in [0.3, 0.4) is 0 Å². The van der Waals surface area contributed by atoms with Gasteiger partial charge in [-0.2, -0.15) is 0 Å². The molecule has 23 heavy (non-hydrogen) atoms. The van der Waals surface area contributed by atoms with Gasteiger partial charge in [-0.1, -0.05) is 0 Å². The average molecular weight is 315 g/mol. The summed E-state index contributed by atoms with van der Waals surface area (Å²) in [5, 5.41) is 5.50. The molecule has 7 heteroatoms. The number of nitrogens with one attached hydrogen (secondary N) is 2. The Hall–Kier alpha value is -2.83. The van der Waals surface area contributed by atoms with Gasteiger partial charge in [0.15, 0.2) is 0 Å². The molecule has 0 bridgehead atoms. The second kappa shape index (κ2) is 7.44. The van der Waals surface area contributed by atoms with Crippen molar-refractivity contribution in [2.24, 2.45) is 0 Å². The molecule has 0 aliphatic rings. The molecule has 122 valence electrons. The van der Waals surface area contributed by atoms with Gasteiger partial charge in [0.2, 0.25) is 5.88 Å². The fourth-order valence-corrected chi connectivity index (χ4v) is 2.02. The average Bonchev–Trinajstić information content (AvgIpc) is 2.46. The molecule has 0 aliphatic carbocycles. The summed E-state index contributed by atoms with van der Waals surface area (Å²) < 4.78 is 5.56. The maximum atomic E-state index is 12.0. The number of anilines is 2. The van der Waals surface area contributed by atoms with Crippen molar-refractivity contribution in [2.45, 2.75) is 33.4 Å². The SMILES string of the molecule is Cc1cc(CNC(=O)Nc2cccnc2OC(C)C)cc(N)n1. The Morgan fingerprint density at radius 2 is 2.17 bits per heavy atom. The first kappa shape index (κ1) is 16.5. The smallest absolute Gasteiger partial charge is 0.319 e. The van der Waals surface area contributed by atoms with Crippen molar-refractivity contribution in [3.05, 3.63) is 41.7 Å². The number of amides is 2. The van der Waals surface area contributed by atoms with Gasteiger partial charge in [-0.3, -0.25) is 0 Å². The minimum atomic E-state index is -0.348. The van der Waals surface area contributed by atoms with Crippen LogP contribution >= 0.6 is 0 Å². The molecule has 0 unspecified atom stereocenters. The molecular weight excluding hydrogens is 294 g/mol. The number of rotatable bonds is 5. The molecule has 2 aromatic heterocycles. The molecule has 0 atom stereocenters. The Kier molecular flexibility index (Phi) is 5.35. The molecule has 2 heterocycles. The summed E-state index contributed by atoms with van der Waals surface area (Å²) in [6, 6.07) is 6.72. The molecule has 2 aromatic rings. The van der Waals surface area contributed by atoms with Crippen molar-refractivity contribution in [2.75, 3.05) is 11.1 Å². The summed E-state index contributed by atoms with van der Waals surface area (Å²) in [6.07, 6.45) is 1.58. The van der Waals surface area contributed by atoms with E-state index >= 15 is 0 Å². The van der Waals surface area contributed by atoms with E-state index in [1.807, 2.05) is 26.8 Å². The quantitative estimate of drug-likeness (QED) is 0.786. The second-order valence-electron chi connectivity index (χ2n) is 5.37. The Labute approximate surface area is 135 Å². The standard InChI is InChI=1S/C16H21N5O2/c1-10(2)23-15-13(5-4-6-18-15)21-16(22)19-9-12-7-11(3)20-14(17)8-12/h4-8,10H,9H2,1-3H3,(H2,17,20)(H2,19,21,22). The number of aromatic nitrogens is 2. The molecule has 0 saturated heterocycles. The molecule has 0 spiro atoms. The zero-order chi connectivity index (χ0) is 16.8. The van der Waals surface area contributed by atoms with E-state index in [9.17, 15) is 4.79 Å². The van der Waals surface area contributed by atoms with Crippen molar-refractivity contribution in [1.82, 2.24) is 15.3 Å². The van der Waals surface area contributed by atoms with Crippen LogP contribution in [0.1, 0.15) is 25.1 Å². The molecule has 7 nitrogen and oxygen atoms in total. The highest BCUT2D eigenvalue weighted by atomic mass is 16.5. The number of ether oxygens (including phenoxy) is 1. The Bertz CT molecular complexity index is 668. The van der Waals surface area contributed by atoms with Crippen LogP contribution in [0.5, 0.6) is 5.88 Å². The molecule has 4 N–H and O–H groups in total. The van der Waals surface area contributed by atoms with E-state index in [1.165, 1.54) is 0 Å². The number of hydrogen-bond donors (Lipinski definition) is 3. The highest BCUT2D eigenvalue weighted by Gasteiger charge is 2.10. The third kappa shape index (κ3) is 5.14. The number of carbonyl (C=O) groups excluding carboxylic acids is 1. The number of nitrogen functional groups attached to an aromatic ring is 1. The van der Waals surface area contributed by atoms with E-state index in [1.54, 1.807) is 24.4 Å². The van der Waals surface area contributed by atoms with Gasteiger partial charge in [-0.25, -0.2) is 14.8 Å². The van der Waals surface area contributed by atoms with Crippen molar-refractivity contribution >= 4 is 17.5 Å². The minimum Gasteiger partial charge on any atom is -0.473 e. The molecule has 0 fully saturated rings.